The molecule has 2 aliphatic carbocycles. The third kappa shape index (κ3) is 4.50. The van der Waals surface area contributed by atoms with Gasteiger partial charge in [-0.2, -0.15) is 0 Å². The molecule has 0 saturated heterocycles. The number of amides is 1. The van der Waals surface area contributed by atoms with Crippen LogP contribution in [0, 0.1) is 5.92 Å². The minimum absolute atomic E-state index is 0.0150. The molecule has 0 bridgehead atoms. The number of carbonyl (C=O) groups is 1. The molecular formula is C26H33N5O. The molecule has 0 aliphatic heterocycles. The number of anilines is 1. The van der Waals surface area contributed by atoms with E-state index in [1.807, 2.05) is 30.5 Å². The van der Waals surface area contributed by atoms with Gasteiger partial charge in [0.25, 0.3) is 5.91 Å². The molecule has 6 heteroatoms. The van der Waals surface area contributed by atoms with Gasteiger partial charge in [-0.25, -0.2) is 9.97 Å². The number of hydrogen-bond donors (Lipinski definition) is 2. The normalized spacial score (nSPS) is 17.1. The van der Waals surface area contributed by atoms with Gasteiger partial charge >= 0.3 is 0 Å². The number of fused-ring (bicyclic) bond motifs is 1. The van der Waals surface area contributed by atoms with Crippen molar-refractivity contribution in [3.63, 3.8) is 0 Å². The first-order valence-corrected chi connectivity index (χ1v) is 12.1. The third-order valence-corrected chi connectivity index (χ3v) is 6.57. The number of nitrogens with one attached hydrogen (secondary N) is 2. The lowest BCUT2D eigenvalue weighted by atomic mass is 9.87. The van der Waals surface area contributed by atoms with Gasteiger partial charge in [-0.1, -0.05) is 45.2 Å². The fourth-order valence-electron chi connectivity index (χ4n) is 4.52. The maximum atomic E-state index is 12.4. The average Bonchev–Trinajstić information content (AvgIpc) is 3.53. The quantitative estimate of drug-likeness (QED) is 0.525. The van der Waals surface area contributed by atoms with Gasteiger partial charge in [0.05, 0.1) is 17.6 Å². The Kier molecular flexibility index (Phi) is 5.85. The van der Waals surface area contributed by atoms with Crippen LogP contribution in [0.4, 0.5) is 5.82 Å². The van der Waals surface area contributed by atoms with Crippen molar-refractivity contribution in [2.75, 3.05) is 11.9 Å². The van der Waals surface area contributed by atoms with E-state index in [4.69, 9.17) is 9.97 Å². The van der Waals surface area contributed by atoms with Crippen LogP contribution in [-0.2, 0) is 0 Å². The summed E-state index contributed by atoms with van der Waals surface area (Å²) < 4.78 is 2.18. The second kappa shape index (κ2) is 8.93. The Morgan fingerprint density at radius 3 is 2.53 bits per heavy atom. The van der Waals surface area contributed by atoms with Gasteiger partial charge in [-0.15, -0.1) is 0 Å². The maximum Gasteiger partial charge on any atom is 0.251 e. The van der Waals surface area contributed by atoms with Crippen molar-refractivity contribution < 1.29 is 4.79 Å². The van der Waals surface area contributed by atoms with Crippen LogP contribution in [-0.4, -0.2) is 32.9 Å². The van der Waals surface area contributed by atoms with Gasteiger partial charge < -0.3 is 10.6 Å². The van der Waals surface area contributed by atoms with Crippen molar-refractivity contribution in [3.8, 4) is 11.3 Å². The first-order chi connectivity index (χ1) is 15.6. The molecule has 1 aromatic carbocycles. The lowest BCUT2D eigenvalue weighted by Crippen LogP contribution is -2.25. The van der Waals surface area contributed by atoms with E-state index in [0.717, 1.165) is 47.8 Å². The van der Waals surface area contributed by atoms with E-state index in [1.54, 1.807) is 0 Å². The molecule has 2 saturated carbocycles. The van der Waals surface area contributed by atoms with Crippen molar-refractivity contribution in [2.45, 2.75) is 70.8 Å². The second-order valence-corrected chi connectivity index (χ2v) is 9.79. The number of rotatable bonds is 7. The molecule has 1 amide bonds. The first kappa shape index (κ1) is 21.0. The van der Waals surface area contributed by atoms with E-state index in [-0.39, 0.29) is 5.91 Å². The molecule has 6 nitrogen and oxygen atoms in total. The van der Waals surface area contributed by atoms with Crippen molar-refractivity contribution in [1.29, 1.82) is 0 Å². The summed E-state index contributed by atoms with van der Waals surface area (Å²) in [6.45, 7) is 5.27. The predicted octanol–water partition coefficient (Wildman–Crippen LogP) is 5.40. The topological polar surface area (TPSA) is 71.3 Å². The number of carbonyl (C=O) groups excluding carboxylic acids is 1. The molecule has 2 aliphatic rings. The molecule has 3 aromatic rings. The molecule has 2 N–H and O–H groups in total. The van der Waals surface area contributed by atoms with E-state index in [1.165, 1.54) is 32.1 Å². The molecule has 168 valence electrons. The monoisotopic (exact) mass is 431 g/mol. The summed E-state index contributed by atoms with van der Waals surface area (Å²) >= 11 is 0. The number of nitrogens with zero attached hydrogens (tertiary/aromatic N) is 3. The van der Waals surface area contributed by atoms with Gasteiger partial charge in [0.1, 0.15) is 0 Å². The second-order valence-electron chi connectivity index (χ2n) is 9.79. The summed E-state index contributed by atoms with van der Waals surface area (Å²) in [5.41, 5.74) is 4.80. The molecular weight excluding hydrogens is 398 g/mol. The van der Waals surface area contributed by atoms with Gasteiger partial charge in [-0.05, 0) is 43.7 Å². The Morgan fingerprint density at radius 2 is 1.84 bits per heavy atom. The van der Waals surface area contributed by atoms with Gasteiger partial charge in [0.15, 0.2) is 11.5 Å². The minimum Gasteiger partial charge on any atom is -0.367 e. The van der Waals surface area contributed by atoms with Gasteiger partial charge in [0, 0.05) is 35.8 Å². The highest BCUT2D eigenvalue weighted by Crippen LogP contribution is 2.34. The molecule has 2 fully saturated rings. The van der Waals surface area contributed by atoms with Crippen LogP contribution in [0.1, 0.15) is 80.8 Å². The van der Waals surface area contributed by atoms with Crippen LogP contribution in [0.2, 0.25) is 0 Å². The smallest absolute Gasteiger partial charge is 0.251 e. The summed E-state index contributed by atoms with van der Waals surface area (Å²) in [4.78, 5) is 22.1. The maximum absolute atomic E-state index is 12.4. The van der Waals surface area contributed by atoms with Gasteiger partial charge in [0.2, 0.25) is 0 Å². The SMILES string of the molecule is CC(C)CNc1nc(C2CCCCC2)cn2c(-c3ccc(C(=O)NC4CC4)cc3)cnc12. The first-order valence-electron chi connectivity index (χ1n) is 12.1. The molecule has 2 aromatic heterocycles. The van der Waals surface area contributed by atoms with Crippen LogP contribution in [0.3, 0.4) is 0 Å². The average molecular weight is 432 g/mol. The van der Waals surface area contributed by atoms with E-state index in [2.05, 4.69) is 35.1 Å². The Hall–Kier alpha value is -2.89. The van der Waals surface area contributed by atoms with Crippen LogP contribution in [0.25, 0.3) is 16.9 Å². The zero-order valence-electron chi connectivity index (χ0n) is 19.1. The van der Waals surface area contributed by atoms with Crippen molar-refractivity contribution in [3.05, 3.63) is 47.9 Å². The molecule has 0 atom stereocenters. The largest absolute Gasteiger partial charge is 0.367 e. The number of hydrogen-bond acceptors (Lipinski definition) is 4. The van der Waals surface area contributed by atoms with Crippen molar-refractivity contribution >= 4 is 17.4 Å². The van der Waals surface area contributed by atoms with Crippen LogP contribution in [0.5, 0.6) is 0 Å². The molecule has 0 unspecified atom stereocenters. The Morgan fingerprint density at radius 1 is 1.09 bits per heavy atom. The molecule has 2 heterocycles. The fourth-order valence-corrected chi connectivity index (χ4v) is 4.52. The van der Waals surface area contributed by atoms with Crippen molar-refractivity contribution in [1.82, 2.24) is 19.7 Å². The summed E-state index contributed by atoms with van der Waals surface area (Å²) in [6.07, 6.45) is 12.6. The summed E-state index contributed by atoms with van der Waals surface area (Å²) in [5, 5.41) is 6.59. The molecule has 0 radical (unpaired) electrons. The lowest BCUT2D eigenvalue weighted by molar-refractivity contribution is 0.0951. The van der Waals surface area contributed by atoms with E-state index in [9.17, 15) is 4.79 Å². The van der Waals surface area contributed by atoms with E-state index in [0.29, 0.717) is 23.4 Å². The molecule has 5 rings (SSSR count). The van der Waals surface area contributed by atoms with E-state index >= 15 is 0 Å². The third-order valence-electron chi connectivity index (χ3n) is 6.57. The number of benzene rings is 1. The fraction of sp³-hybridized carbons (Fsp3) is 0.500. The Balaban J connectivity index is 1.49. The number of aromatic nitrogens is 3. The molecule has 32 heavy (non-hydrogen) atoms. The molecule has 0 spiro atoms. The van der Waals surface area contributed by atoms with Crippen LogP contribution in [0.15, 0.2) is 36.7 Å². The summed E-state index contributed by atoms with van der Waals surface area (Å²) in [5.74, 6) is 1.92. The zero-order valence-corrected chi connectivity index (χ0v) is 19.1. The Labute approximate surface area is 189 Å². The standard InChI is InChI=1S/C26H33N5O/c1-17(2)14-27-24-25-28-15-23(31(25)16-22(30-24)18-6-4-3-5-7-18)19-8-10-20(11-9-19)26(32)29-21-12-13-21/h8-11,15-18,21H,3-7,12-14H2,1-2H3,(H,27,30)(H,29,32). The summed E-state index contributed by atoms with van der Waals surface area (Å²) in [7, 11) is 0. The Bertz CT molecular complexity index is 1090. The predicted molar refractivity (Wildman–Crippen MR) is 128 cm³/mol. The highest BCUT2D eigenvalue weighted by Gasteiger charge is 2.24. The summed E-state index contributed by atoms with van der Waals surface area (Å²) in [6, 6.07) is 8.23. The number of imidazole rings is 1. The highest BCUT2D eigenvalue weighted by atomic mass is 16.1. The van der Waals surface area contributed by atoms with Gasteiger partial charge in [-0.3, -0.25) is 9.20 Å². The van der Waals surface area contributed by atoms with Crippen LogP contribution >= 0.6 is 0 Å². The van der Waals surface area contributed by atoms with Crippen LogP contribution < -0.4 is 10.6 Å². The highest BCUT2D eigenvalue weighted by molar-refractivity contribution is 5.95. The van der Waals surface area contributed by atoms with E-state index < -0.39 is 0 Å². The minimum atomic E-state index is 0.0150. The zero-order chi connectivity index (χ0) is 22.1. The van der Waals surface area contributed by atoms with Crippen molar-refractivity contribution in [2.24, 2.45) is 5.92 Å². The lowest BCUT2D eigenvalue weighted by Gasteiger charge is -2.22.